The van der Waals surface area contributed by atoms with E-state index in [2.05, 4.69) is 19.7 Å². The van der Waals surface area contributed by atoms with Crippen molar-refractivity contribution in [2.75, 3.05) is 19.6 Å². The van der Waals surface area contributed by atoms with Gasteiger partial charge in [-0.05, 0) is 20.8 Å². The molecule has 0 radical (unpaired) electrons. The molecule has 0 N–H and O–H groups in total. The zero-order chi connectivity index (χ0) is 14.2. The SMILES string of the molecule is C=CCN(CC=C)N(CC=C)C(=O)OC(C)(C)C. The lowest BCUT2D eigenvalue weighted by atomic mass is 10.2. The number of rotatable bonds is 7. The average Bonchev–Trinajstić information content (AvgIpc) is 2.23. The standard InChI is InChI=1S/C14H24N2O2/c1-7-10-15(11-8-2)16(12-9-3)13(17)18-14(4,5)6/h7-9H,1-3,10-12H2,4-6H3. The molecule has 0 heterocycles. The van der Waals surface area contributed by atoms with E-state index >= 15 is 0 Å². The number of hydrazine groups is 1. The molecule has 0 aliphatic rings. The van der Waals surface area contributed by atoms with E-state index in [1.54, 1.807) is 23.2 Å². The molecule has 0 rings (SSSR count). The van der Waals surface area contributed by atoms with E-state index in [0.717, 1.165) is 0 Å². The van der Waals surface area contributed by atoms with Crippen LogP contribution in [0.1, 0.15) is 20.8 Å². The van der Waals surface area contributed by atoms with Crippen molar-refractivity contribution in [3.8, 4) is 0 Å². The van der Waals surface area contributed by atoms with Crippen molar-refractivity contribution in [1.29, 1.82) is 0 Å². The van der Waals surface area contributed by atoms with Crippen LogP contribution in [0.4, 0.5) is 4.79 Å². The number of hydrogen-bond donors (Lipinski definition) is 0. The molecule has 0 unspecified atom stereocenters. The first kappa shape index (κ1) is 16.4. The molecule has 0 aromatic carbocycles. The first-order valence-corrected chi connectivity index (χ1v) is 5.93. The van der Waals surface area contributed by atoms with Crippen molar-refractivity contribution in [3.63, 3.8) is 0 Å². The Morgan fingerprint density at radius 2 is 1.50 bits per heavy atom. The van der Waals surface area contributed by atoms with Crippen molar-refractivity contribution in [3.05, 3.63) is 38.0 Å². The van der Waals surface area contributed by atoms with Crippen LogP contribution in [-0.2, 0) is 4.74 Å². The van der Waals surface area contributed by atoms with Crippen LogP contribution in [0.3, 0.4) is 0 Å². The number of nitrogens with zero attached hydrogens (tertiary/aromatic N) is 2. The minimum atomic E-state index is -0.523. The van der Waals surface area contributed by atoms with Crippen LogP contribution >= 0.6 is 0 Å². The Morgan fingerprint density at radius 1 is 1.06 bits per heavy atom. The van der Waals surface area contributed by atoms with Crippen LogP contribution in [0.25, 0.3) is 0 Å². The molecule has 0 fully saturated rings. The van der Waals surface area contributed by atoms with Crippen LogP contribution in [0, 0.1) is 0 Å². The second-order valence-corrected chi connectivity index (χ2v) is 4.80. The summed E-state index contributed by atoms with van der Waals surface area (Å²) in [5, 5.41) is 3.30. The Morgan fingerprint density at radius 3 is 1.83 bits per heavy atom. The fourth-order valence-electron chi connectivity index (χ4n) is 1.31. The smallest absolute Gasteiger partial charge is 0.425 e. The Hall–Kier alpha value is -1.55. The molecule has 0 aliphatic heterocycles. The lowest BCUT2D eigenvalue weighted by Gasteiger charge is -2.34. The van der Waals surface area contributed by atoms with Gasteiger partial charge in [0, 0.05) is 13.1 Å². The third-order valence-corrected chi connectivity index (χ3v) is 1.93. The van der Waals surface area contributed by atoms with Crippen LogP contribution in [0.5, 0.6) is 0 Å². The van der Waals surface area contributed by atoms with Crippen LogP contribution in [-0.4, -0.2) is 41.3 Å². The number of hydrogen-bond acceptors (Lipinski definition) is 3. The largest absolute Gasteiger partial charge is 0.443 e. The summed E-state index contributed by atoms with van der Waals surface area (Å²) in [6.07, 6.45) is 4.71. The fraction of sp³-hybridized carbons (Fsp3) is 0.500. The van der Waals surface area contributed by atoms with Gasteiger partial charge in [0.2, 0.25) is 0 Å². The van der Waals surface area contributed by atoms with Crippen LogP contribution in [0.2, 0.25) is 0 Å². The second kappa shape index (κ2) is 7.71. The number of carbonyl (C=O) groups is 1. The quantitative estimate of drug-likeness (QED) is 0.516. The molecule has 1 amide bonds. The third-order valence-electron chi connectivity index (χ3n) is 1.93. The Labute approximate surface area is 110 Å². The highest BCUT2D eigenvalue weighted by Crippen LogP contribution is 2.11. The van der Waals surface area contributed by atoms with Gasteiger partial charge in [-0.1, -0.05) is 18.2 Å². The molecule has 0 bridgehead atoms. The van der Waals surface area contributed by atoms with E-state index in [-0.39, 0.29) is 0 Å². The molecule has 0 spiro atoms. The van der Waals surface area contributed by atoms with Crippen molar-refractivity contribution in [2.45, 2.75) is 26.4 Å². The maximum atomic E-state index is 12.1. The van der Waals surface area contributed by atoms with Gasteiger partial charge in [0.15, 0.2) is 0 Å². The minimum Gasteiger partial charge on any atom is -0.443 e. The van der Waals surface area contributed by atoms with Crippen molar-refractivity contribution in [2.24, 2.45) is 0 Å². The van der Waals surface area contributed by atoms with Crippen molar-refractivity contribution < 1.29 is 9.53 Å². The summed E-state index contributed by atoms with van der Waals surface area (Å²) in [7, 11) is 0. The molecule has 0 aromatic rings. The Kier molecular flexibility index (Phi) is 7.05. The van der Waals surface area contributed by atoms with E-state index in [0.29, 0.717) is 19.6 Å². The van der Waals surface area contributed by atoms with Crippen molar-refractivity contribution >= 4 is 6.09 Å². The van der Waals surface area contributed by atoms with Gasteiger partial charge in [0.05, 0.1) is 6.54 Å². The van der Waals surface area contributed by atoms with E-state index in [1.165, 1.54) is 5.01 Å². The molecule has 0 saturated heterocycles. The fourth-order valence-corrected chi connectivity index (χ4v) is 1.31. The topological polar surface area (TPSA) is 32.8 Å². The van der Waals surface area contributed by atoms with Crippen molar-refractivity contribution in [1.82, 2.24) is 10.0 Å². The van der Waals surface area contributed by atoms with Crippen LogP contribution in [0.15, 0.2) is 38.0 Å². The van der Waals surface area contributed by atoms with Crippen LogP contribution < -0.4 is 0 Å². The van der Waals surface area contributed by atoms with Gasteiger partial charge in [-0.15, -0.1) is 19.7 Å². The molecule has 18 heavy (non-hydrogen) atoms. The lowest BCUT2D eigenvalue weighted by Crippen LogP contribution is -2.48. The summed E-state index contributed by atoms with van der Waals surface area (Å²) in [6.45, 7) is 18.0. The highest BCUT2D eigenvalue weighted by molar-refractivity contribution is 5.67. The summed E-state index contributed by atoms with van der Waals surface area (Å²) >= 11 is 0. The van der Waals surface area contributed by atoms with Gasteiger partial charge in [0.1, 0.15) is 5.60 Å². The first-order chi connectivity index (χ1) is 8.35. The Balaban J connectivity index is 4.88. The summed E-state index contributed by atoms with van der Waals surface area (Å²) < 4.78 is 5.35. The lowest BCUT2D eigenvalue weighted by molar-refractivity contribution is -0.0353. The molecule has 4 heteroatoms. The van der Waals surface area contributed by atoms with Gasteiger partial charge in [-0.25, -0.2) is 14.8 Å². The molecule has 0 aliphatic carbocycles. The van der Waals surface area contributed by atoms with Gasteiger partial charge in [-0.3, -0.25) is 0 Å². The average molecular weight is 252 g/mol. The summed E-state index contributed by atoms with van der Waals surface area (Å²) in [5.74, 6) is 0. The van der Waals surface area contributed by atoms with E-state index in [4.69, 9.17) is 4.74 Å². The van der Waals surface area contributed by atoms with Gasteiger partial charge >= 0.3 is 6.09 Å². The predicted molar refractivity (Wildman–Crippen MR) is 75.1 cm³/mol. The zero-order valence-corrected chi connectivity index (χ0v) is 11.7. The molecular weight excluding hydrogens is 228 g/mol. The molecule has 0 aromatic heterocycles. The number of ether oxygens (including phenoxy) is 1. The highest BCUT2D eigenvalue weighted by atomic mass is 16.6. The third kappa shape index (κ3) is 6.25. The zero-order valence-electron chi connectivity index (χ0n) is 11.7. The summed E-state index contributed by atoms with van der Waals surface area (Å²) in [4.78, 5) is 12.1. The van der Waals surface area contributed by atoms with E-state index in [9.17, 15) is 4.79 Å². The summed E-state index contributed by atoms with van der Waals surface area (Å²) in [6, 6.07) is 0. The van der Waals surface area contributed by atoms with Gasteiger partial charge in [0.25, 0.3) is 0 Å². The monoisotopic (exact) mass is 252 g/mol. The maximum Gasteiger partial charge on any atom is 0.425 e. The van der Waals surface area contributed by atoms with Gasteiger partial charge in [-0.2, -0.15) is 0 Å². The normalized spacial score (nSPS) is 10.9. The maximum absolute atomic E-state index is 12.1. The molecule has 102 valence electrons. The van der Waals surface area contributed by atoms with E-state index in [1.807, 2.05) is 20.8 Å². The molecule has 4 nitrogen and oxygen atoms in total. The summed E-state index contributed by atoms with van der Waals surface area (Å²) in [5.41, 5.74) is -0.523. The highest BCUT2D eigenvalue weighted by Gasteiger charge is 2.24. The minimum absolute atomic E-state index is 0.386. The number of amides is 1. The second-order valence-electron chi connectivity index (χ2n) is 4.80. The Bertz CT molecular complexity index is 295. The molecule has 0 atom stereocenters. The number of carbonyl (C=O) groups excluding carboxylic acids is 1. The predicted octanol–water partition coefficient (Wildman–Crippen LogP) is 3.00. The molecule has 0 saturated carbocycles. The molecular formula is C14H24N2O2. The van der Waals surface area contributed by atoms with Gasteiger partial charge < -0.3 is 4.74 Å². The first-order valence-electron chi connectivity index (χ1n) is 5.93. The van der Waals surface area contributed by atoms with E-state index < -0.39 is 11.7 Å².